The molecular formula is C21H18N2O8. The van der Waals surface area contributed by atoms with Gasteiger partial charge in [-0.1, -0.05) is 18.2 Å². The van der Waals surface area contributed by atoms with E-state index in [1.165, 1.54) is 44.6 Å². The summed E-state index contributed by atoms with van der Waals surface area (Å²) in [5, 5.41) is 10.9. The van der Waals surface area contributed by atoms with Gasteiger partial charge in [0.05, 0.1) is 19.9 Å². The molecule has 2 N–H and O–H groups in total. The number of imide groups is 2. The topological polar surface area (TPSA) is 131 Å². The lowest BCUT2D eigenvalue weighted by molar-refractivity contribution is -0.139. The van der Waals surface area contributed by atoms with Crippen LogP contribution in [0.5, 0.6) is 17.2 Å². The van der Waals surface area contributed by atoms with E-state index in [2.05, 4.69) is 5.32 Å². The molecule has 0 spiro atoms. The summed E-state index contributed by atoms with van der Waals surface area (Å²) in [6, 6.07) is 9.85. The van der Waals surface area contributed by atoms with Crippen LogP contribution in [-0.4, -0.2) is 49.7 Å². The van der Waals surface area contributed by atoms with Crippen LogP contribution in [0.2, 0.25) is 0 Å². The second kappa shape index (κ2) is 8.99. The Kier molecular flexibility index (Phi) is 6.20. The van der Waals surface area contributed by atoms with Crippen molar-refractivity contribution in [1.29, 1.82) is 0 Å². The van der Waals surface area contributed by atoms with E-state index in [0.717, 1.165) is 4.90 Å². The summed E-state index contributed by atoms with van der Waals surface area (Å²) in [7, 11) is 2.79. The zero-order chi connectivity index (χ0) is 22.5. The minimum atomic E-state index is -1.18. The fourth-order valence-corrected chi connectivity index (χ4v) is 2.87. The standard InChI is InChI=1S/C21H18N2O8/c1-29-13-7-8-17(30-2)15(10-13)23-20(27)14(19(26)22-21(23)28)9-12-5-3-4-6-16(12)31-11-18(24)25/h3-10H,11H2,1-2H3,(H,24,25)(H,22,26,28). The minimum absolute atomic E-state index is 0.0816. The van der Waals surface area contributed by atoms with Gasteiger partial charge in [-0.25, -0.2) is 14.5 Å². The zero-order valence-electron chi connectivity index (χ0n) is 16.6. The van der Waals surface area contributed by atoms with Crippen LogP contribution in [0.15, 0.2) is 48.0 Å². The van der Waals surface area contributed by atoms with E-state index < -0.39 is 30.4 Å². The van der Waals surface area contributed by atoms with Crippen molar-refractivity contribution in [3.63, 3.8) is 0 Å². The van der Waals surface area contributed by atoms with E-state index in [4.69, 9.17) is 19.3 Å². The quantitative estimate of drug-likeness (QED) is 0.506. The smallest absolute Gasteiger partial charge is 0.341 e. The van der Waals surface area contributed by atoms with Crippen molar-refractivity contribution in [1.82, 2.24) is 5.32 Å². The molecule has 0 bridgehead atoms. The third-order valence-electron chi connectivity index (χ3n) is 4.30. The highest BCUT2D eigenvalue weighted by molar-refractivity contribution is 6.39. The summed E-state index contributed by atoms with van der Waals surface area (Å²) in [4.78, 5) is 49.6. The Morgan fingerprint density at radius 2 is 1.81 bits per heavy atom. The van der Waals surface area contributed by atoms with Crippen molar-refractivity contribution in [3.8, 4) is 17.2 Å². The fourth-order valence-electron chi connectivity index (χ4n) is 2.87. The number of carbonyl (C=O) groups is 4. The Balaban J connectivity index is 2.05. The Hall–Kier alpha value is -4.34. The number of carboxylic acid groups (broad SMARTS) is 1. The van der Waals surface area contributed by atoms with Crippen molar-refractivity contribution in [3.05, 3.63) is 53.6 Å². The van der Waals surface area contributed by atoms with Gasteiger partial charge in [-0.2, -0.15) is 0 Å². The molecule has 0 atom stereocenters. The lowest BCUT2D eigenvalue weighted by Gasteiger charge is -2.27. The molecule has 10 heteroatoms. The molecule has 1 heterocycles. The number of benzene rings is 2. The summed E-state index contributed by atoms with van der Waals surface area (Å²) in [6.07, 6.45) is 1.22. The van der Waals surface area contributed by atoms with Crippen LogP contribution in [0.4, 0.5) is 10.5 Å². The predicted octanol–water partition coefficient (Wildman–Crippen LogP) is 1.83. The number of ether oxygens (including phenoxy) is 3. The molecule has 1 saturated heterocycles. The number of carbonyl (C=O) groups excluding carboxylic acids is 3. The highest BCUT2D eigenvalue weighted by Crippen LogP contribution is 2.34. The number of para-hydroxylation sites is 1. The maximum atomic E-state index is 13.1. The Morgan fingerprint density at radius 3 is 2.48 bits per heavy atom. The van der Waals surface area contributed by atoms with Crippen LogP contribution in [0.1, 0.15) is 5.56 Å². The van der Waals surface area contributed by atoms with Crippen molar-refractivity contribution >= 4 is 35.6 Å². The Labute approximate surface area is 176 Å². The van der Waals surface area contributed by atoms with Gasteiger partial charge < -0.3 is 19.3 Å². The molecule has 0 unspecified atom stereocenters. The third-order valence-corrected chi connectivity index (χ3v) is 4.30. The summed E-state index contributed by atoms with van der Waals surface area (Å²) in [6.45, 7) is -0.605. The predicted molar refractivity (Wildman–Crippen MR) is 108 cm³/mol. The maximum Gasteiger partial charge on any atom is 0.341 e. The first-order valence-corrected chi connectivity index (χ1v) is 8.92. The second-order valence-electron chi connectivity index (χ2n) is 6.22. The SMILES string of the molecule is COc1ccc(OC)c(N2C(=O)NC(=O)C(=Cc3ccccc3OCC(=O)O)C2=O)c1. The largest absolute Gasteiger partial charge is 0.497 e. The maximum absolute atomic E-state index is 13.1. The molecule has 0 aromatic heterocycles. The van der Waals surface area contributed by atoms with Crippen molar-refractivity contribution in [2.24, 2.45) is 0 Å². The molecule has 0 saturated carbocycles. The highest BCUT2D eigenvalue weighted by Gasteiger charge is 2.38. The highest BCUT2D eigenvalue weighted by atomic mass is 16.5. The van der Waals surface area contributed by atoms with Gasteiger partial charge in [0.25, 0.3) is 11.8 Å². The average Bonchev–Trinajstić information content (AvgIpc) is 2.75. The number of carboxylic acids is 1. The lowest BCUT2D eigenvalue weighted by atomic mass is 10.1. The number of nitrogens with zero attached hydrogens (tertiary/aromatic N) is 1. The first kappa shape index (κ1) is 21.4. The summed E-state index contributed by atoms with van der Waals surface area (Å²) in [5.41, 5.74) is 0.0168. The number of amides is 4. The number of hydrogen-bond acceptors (Lipinski definition) is 7. The fraction of sp³-hybridized carbons (Fsp3) is 0.143. The van der Waals surface area contributed by atoms with E-state index in [9.17, 15) is 19.2 Å². The summed E-state index contributed by atoms with van der Waals surface area (Å²) >= 11 is 0. The van der Waals surface area contributed by atoms with Crippen molar-refractivity contribution < 1.29 is 38.5 Å². The molecule has 1 aliphatic rings. The Morgan fingerprint density at radius 1 is 1.06 bits per heavy atom. The zero-order valence-corrected chi connectivity index (χ0v) is 16.6. The van der Waals surface area contributed by atoms with Crippen LogP contribution in [0.25, 0.3) is 6.08 Å². The minimum Gasteiger partial charge on any atom is -0.497 e. The van der Waals surface area contributed by atoms with Gasteiger partial charge in [-0.15, -0.1) is 0 Å². The third kappa shape index (κ3) is 4.47. The molecular weight excluding hydrogens is 408 g/mol. The molecule has 2 aromatic rings. The number of aliphatic carboxylic acids is 1. The van der Waals surface area contributed by atoms with Gasteiger partial charge in [0.2, 0.25) is 0 Å². The molecule has 1 fully saturated rings. The number of urea groups is 1. The number of nitrogens with one attached hydrogen (secondary N) is 1. The van der Waals surface area contributed by atoms with Crippen LogP contribution in [0.3, 0.4) is 0 Å². The van der Waals surface area contributed by atoms with E-state index in [-0.39, 0.29) is 28.3 Å². The summed E-state index contributed by atoms with van der Waals surface area (Å²) in [5.74, 6) is -2.25. The molecule has 0 radical (unpaired) electrons. The molecule has 4 amide bonds. The van der Waals surface area contributed by atoms with Gasteiger partial charge >= 0.3 is 12.0 Å². The molecule has 2 aromatic carbocycles. The van der Waals surface area contributed by atoms with Crippen molar-refractivity contribution in [2.45, 2.75) is 0 Å². The van der Waals surface area contributed by atoms with Crippen molar-refractivity contribution in [2.75, 3.05) is 25.7 Å². The van der Waals surface area contributed by atoms with E-state index in [0.29, 0.717) is 5.75 Å². The van der Waals surface area contributed by atoms with Gasteiger partial charge in [0, 0.05) is 11.6 Å². The lowest BCUT2D eigenvalue weighted by Crippen LogP contribution is -2.54. The molecule has 0 aliphatic carbocycles. The molecule has 160 valence electrons. The van der Waals surface area contributed by atoms with Crippen LogP contribution >= 0.6 is 0 Å². The summed E-state index contributed by atoms with van der Waals surface area (Å²) < 4.78 is 15.6. The second-order valence-corrected chi connectivity index (χ2v) is 6.22. The number of rotatable bonds is 7. The molecule has 3 rings (SSSR count). The average molecular weight is 426 g/mol. The molecule has 31 heavy (non-hydrogen) atoms. The monoisotopic (exact) mass is 426 g/mol. The first-order valence-electron chi connectivity index (χ1n) is 8.92. The van der Waals surface area contributed by atoms with Crippen LogP contribution < -0.4 is 24.4 Å². The van der Waals surface area contributed by atoms with Gasteiger partial charge in [0.1, 0.15) is 22.8 Å². The number of anilines is 1. The Bertz CT molecular complexity index is 1090. The van der Waals surface area contributed by atoms with E-state index >= 15 is 0 Å². The first-order chi connectivity index (χ1) is 14.8. The molecule has 1 aliphatic heterocycles. The number of barbiturate groups is 1. The number of hydrogen-bond donors (Lipinski definition) is 2. The number of methoxy groups -OCH3 is 2. The van der Waals surface area contributed by atoms with Gasteiger partial charge in [-0.05, 0) is 24.3 Å². The van der Waals surface area contributed by atoms with Gasteiger partial charge in [-0.3, -0.25) is 14.9 Å². The van der Waals surface area contributed by atoms with Crippen LogP contribution in [0, 0.1) is 0 Å². The van der Waals surface area contributed by atoms with E-state index in [1.807, 2.05) is 0 Å². The molecule has 10 nitrogen and oxygen atoms in total. The normalized spacial score (nSPS) is 15.0. The van der Waals surface area contributed by atoms with Gasteiger partial charge in [0.15, 0.2) is 6.61 Å². The van der Waals surface area contributed by atoms with E-state index in [1.54, 1.807) is 18.2 Å². The van der Waals surface area contributed by atoms with Crippen LogP contribution in [-0.2, 0) is 14.4 Å².